The van der Waals surface area contributed by atoms with Crippen LogP contribution in [0.3, 0.4) is 0 Å². The minimum Gasteiger partial charge on any atom is -0.475 e. The number of hydrogen-bond acceptors (Lipinski definition) is 4. The third kappa shape index (κ3) is 6.30. The summed E-state index contributed by atoms with van der Waals surface area (Å²) in [4.78, 5) is 11.2. The Morgan fingerprint density at radius 3 is 2.54 bits per heavy atom. The molecule has 0 amide bonds. The molecule has 0 radical (unpaired) electrons. The number of carboxylic acid groups (broad SMARTS) is 1. The van der Waals surface area contributed by atoms with Crippen LogP contribution in [0.1, 0.15) is 24.8 Å². The van der Waals surface area contributed by atoms with Crippen molar-refractivity contribution in [1.29, 1.82) is 0 Å². The number of carbonyl (C=O) groups is 1. The highest BCUT2D eigenvalue weighted by Gasteiger charge is 2.42. The van der Waals surface area contributed by atoms with Crippen LogP contribution in [0.4, 0.5) is 17.6 Å². The molecular weight excluding hydrogens is 404 g/mol. The molecule has 28 heavy (non-hydrogen) atoms. The standard InChI is InChI=1S/C16H22ClFN2O.C2HF3O2/c1-20(10-12-2-3-13(18)8-15(12)17)14-9-16(21-11-14)4-6-19-7-5-16;3-2(4,5)1(6)7/h2-3,8,14,19H,4-7,9-11H2,1H3;(H,6,7). The van der Waals surface area contributed by atoms with E-state index in [9.17, 15) is 17.6 Å². The van der Waals surface area contributed by atoms with E-state index in [1.54, 1.807) is 6.07 Å². The molecule has 0 aromatic heterocycles. The molecule has 2 N–H and O–H groups in total. The van der Waals surface area contributed by atoms with Crippen molar-refractivity contribution in [1.82, 2.24) is 10.2 Å². The third-order valence-electron chi connectivity index (χ3n) is 5.01. The Labute approximate surface area is 165 Å². The second-order valence-electron chi connectivity index (χ2n) is 7.06. The van der Waals surface area contributed by atoms with E-state index in [2.05, 4.69) is 17.3 Å². The summed E-state index contributed by atoms with van der Waals surface area (Å²) in [5.41, 5.74) is 1.03. The van der Waals surface area contributed by atoms with Gasteiger partial charge >= 0.3 is 12.1 Å². The van der Waals surface area contributed by atoms with Gasteiger partial charge in [0.25, 0.3) is 0 Å². The van der Waals surface area contributed by atoms with E-state index in [0.717, 1.165) is 51.1 Å². The van der Waals surface area contributed by atoms with Gasteiger partial charge in [0.15, 0.2) is 0 Å². The van der Waals surface area contributed by atoms with E-state index < -0.39 is 12.1 Å². The number of benzene rings is 1. The Hall–Kier alpha value is -1.42. The van der Waals surface area contributed by atoms with Crippen LogP contribution in [0, 0.1) is 5.82 Å². The second kappa shape index (κ2) is 9.39. The van der Waals surface area contributed by atoms with E-state index in [1.165, 1.54) is 12.1 Å². The van der Waals surface area contributed by atoms with Crippen LogP contribution in [0.5, 0.6) is 0 Å². The van der Waals surface area contributed by atoms with Crippen molar-refractivity contribution >= 4 is 17.6 Å². The SMILES string of the molecule is CN(Cc1ccc(F)cc1Cl)C1COC2(CCNCC2)C1.O=C(O)C(F)(F)F. The fourth-order valence-corrected chi connectivity index (χ4v) is 3.61. The van der Waals surface area contributed by atoms with Crippen molar-refractivity contribution in [3.8, 4) is 0 Å². The summed E-state index contributed by atoms with van der Waals surface area (Å²) in [5, 5.41) is 11.0. The smallest absolute Gasteiger partial charge is 0.475 e. The van der Waals surface area contributed by atoms with Crippen LogP contribution in [-0.4, -0.2) is 60.5 Å². The highest BCUT2D eigenvalue weighted by atomic mass is 35.5. The fourth-order valence-electron chi connectivity index (χ4n) is 3.38. The largest absolute Gasteiger partial charge is 0.490 e. The molecule has 3 rings (SSSR count). The first-order valence-corrected chi connectivity index (χ1v) is 9.19. The topological polar surface area (TPSA) is 61.8 Å². The highest BCUT2D eigenvalue weighted by Crippen LogP contribution is 2.36. The zero-order valence-corrected chi connectivity index (χ0v) is 16.1. The zero-order chi connectivity index (χ0) is 20.9. The molecule has 2 fully saturated rings. The van der Waals surface area contributed by atoms with Crippen molar-refractivity contribution in [3.63, 3.8) is 0 Å². The van der Waals surface area contributed by atoms with Gasteiger partial charge in [-0.25, -0.2) is 9.18 Å². The lowest BCUT2D eigenvalue weighted by Gasteiger charge is -2.33. The van der Waals surface area contributed by atoms with E-state index in [4.69, 9.17) is 26.2 Å². The molecule has 2 aliphatic rings. The van der Waals surface area contributed by atoms with Crippen LogP contribution in [-0.2, 0) is 16.1 Å². The second-order valence-corrected chi connectivity index (χ2v) is 7.46. The summed E-state index contributed by atoms with van der Waals surface area (Å²) in [5.74, 6) is -3.04. The quantitative estimate of drug-likeness (QED) is 0.725. The lowest BCUT2D eigenvalue weighted by atomic mass is 9.88. The van der Waals surface area contributed by atoms with Crippen LogP contribution in [0.25, 0.3) is 0 Å². The molecule has 10 heteroatoms. The molecule has 5 nitrogen and oxygen atoms in total. The first kappa shape index (κ1) is 22.9. The number of hydrogen-bond donors (Lipinski definition) is 2. The average molecular weight is 427 g/mol. The minimum atomic E-state index is -5.08. The lowest BCUT2D eigenvalue weighted by Crippen LogP contribution is -2.42. The number of likely N-dealkylation sites (N-methyl/N-ethyl adjacent to an activating group) is 1. The van der Waals surface area contributed by atoms with E-state index in [0.29, 0.717) is 11.1 Å². The number of halogens is 5. The predicted octanol–water partition coefficient (Wildman–Crippen LogP) is 3.46. The average Bonchev–Trinajstić information content (AvgIpc) is 3.01. The molecule has 0 bridgehead atoms. The number of rotatable bonds is 3. The molecule has 0 saturated carbocycles. The fraction of sp³-hybridized carbons (Fsp3) is 0.611. The lowest BCUT2D eigenvalue weighted by molar-refractivity contribution is -0.192. The normalized spacial score (nSPS) is 21.5. The van der Waals surface area contributed by atoms with Gasteiger partial charge in [-0.3, -0.25) is 4.90 Å². The number of piperidine rings is 1. The molecule has 1 atom stereocenters. The molecule has 0 aliphatic carbocycles. The third-order valence-corrected chi connectivity index (χ3v) is 5.36. The van der Waals surface area contributed by atoms with Gasteiger partial charge in [0.2, 0.25) is 0 Å². The van der Waals surface area contributed by atoms with E-state index in [1.807, 2.05) is 0 Å². The summed E-state index contributed by atoms with van der Waals surface area (Å²) in [7, 11) is 2.09. The van der Waals surface area contributed by atoms with Crippen LogP contribution in [0.2, 0.25) is 5.02 Å². The number of alkyl halides is 3. The van der Waals surface area contributed by atoms with Gasteiger partial charge in [-0.05, 0) is 57.1 Å². The predicted molar refractivity (Wildman–Crippen MR) is 95.8 cm³/mol. The van der Waals surface area contributed by atoms with Crippen molar-refractivity contribution in [2.45, 2.75) is 43.6 Å². The molecule has 1 spiro atoms. The number of nitrogens with zero attached hydrogens (tertiary/aromatic N) is 1. The van der Waals surface area contributed by atoms with Crippen LogP contribution < -0.4 is 5.32 Å². The molecule has 2 heterocycles. The maximum Gasteiger partial charge on any atom is 0.490 e. The molecule has 1 unspecified atom stereocenters. The monoisotopic (exact) mass is 426 g/mol. The number of ether oxygens (including phenoxy) is 1. The number of nitrogens with one attached hydrogen (secondary N) is 1. The Bertz CT molecular complexity index is 681. The van der Waals surface area contributed by atoms with Gasteiger partial charge in [-0.1, -0.05) is 17.7 Å². The number of carboxylic acids is 1. The van der Waals surface area contributed by atoms with E-state index >= 15 is 0 Å². The molecule has 158 valence electrons. The minimum absolute atomic E-state index is 0.0662. The summed E-state index contributed by atoms with van der Waals surface area (Å²) in [6, 6.07) is 5.02. The summed E-state index contributed by atoms with van der Waals surface area (Å²) < 4.78 is 51.0. The maximum absolute atomic E-state index is 13.1. The molecule has 2 aliphatic heterocycles. The van der Waals surface area contributed by atoms with Crippen LogP contribution >= 0.6 is 11.6 Å². The van der Waals surface area contributed by atoms with Gasteiger partial charge in [0.1, 0.15) is 5.82 Å². The Morgan fingerprint density at radius 1 is 1.39 bits per heavy atom. The Morgan fingerprint density at radius 2 is 2.00 bits per heavy atom. The highest BCUT2D eigenvalue weighted by molar-refractivity contribution is 6.31. The molecular formula is C18H23ClF4N2O3. The van der Waals surface area contributed by atoms with Crippen molar-refractivity contribution < 1.29 is 32.2 Å². The van der Waals surface area contributed by atoms with Crippen molar-refractivity contribution in [2.75, 3.05) is 26.7 Å². The van der Waals surface area contributed by atoms with Crippen LogP contribution in [0.15, 0.2) is 18.2 Å². The molecule has 1 aromatic rings. The van der Waals surface area contributed by atoms with Crippen molar-refractivity contribution in [3.05, 3.63) is 34.6 Å². The summed E-state index contributed by atoms with van der Waals surface area (Å²) in [6.07, 6.45) is -1.83. The first-order valence-electron chi connectivity index (χ1n) is 8.81. The molecule has 2 saturated heterocycles. The Kier molecular flexibility index (Phi) is 7.66. The summed E-state index contributed by atoms with van der Waals surface area (Å²) >= 11 is 6.12. The van der Waals surface area contributed by atoms with Gasteiger partial charge in [0, 0.05) is 17.6 Å². The van der Waals surface area contributed by atoms with E-state index in [-0.39, 0.29) is 11.4 Å². The zero-order valence-electron chi connectivity index (χ0n) is 15.4. The maximum atomic E-state index is 13.1. The Balaban J connectivity index is 0.000000345. The van der Waals surface area contributed by atoms with Crippen molar-refractivity contribution in [2.24, 2.45) is 0 Å². The number of aliphatic carboxylic acids is 1. The van der Waals surface area contributed by atoms with Gasteiger partial charge in [-0.15, -0.1) is 0 Å². The molecule has 1 aromatic carbocycles. The first-order chi connectivity index (χ1) is 13.0. The van der Waals surface area contributed by atoms with Gasteiger partial charge in [0.05, 0.1) is 12.2 Å². The van der Waals surface area contributed by atoms with Gasteiger partial charge in [-0.2, -0.15) is 13.2 Å². The van der Waals surface area contributed by atoms with Gasteiger partial charge < -0.3 is 15.2 Å². The summed E-state index contributed by atoms with van der Waals surface area (Å²) in [6.45, 7) is 3.58.